The summed E-state index contributed by atoms with van der Waals surface area (Å²) in [6, 6.07) is 12.7. The zero-order valence-corrected chi connectivity index (χ0v) is 22.4. The van der Waals surface area contributed by atoms with Gasteiger partial charge >= 0.3 is 0 Å². The maximum Gasteiger partial charge on any atom is 0.251 e. The monoisotopic (exact) mass is 583 g/mol. The van der Waals surface area contributed by atoms with Gasteiger partial charge in [-0.05, 0) is 48.9 Å². The number of hydrogen-bond donors (Lipinski definition) is 1. The number of benzene rings is 1. The van der Waals surface area contributed by atoms with E-state index < -0.39 is 51.3 Å². The highest BCUT2D eigenvalue weighted by atomic mass is 32.2. The third-order valence-electron chi connectivity index (χ3n) is 7.07. The highest BCUT2D eigenvalue weighted by molar-refractivity contribution is 7.92. The minimum Gasteiger partial charge on any atom is -0.372 e. The molecule has 0 radical (unpaired) electrons. The lowest BCUT2D eigenvalue weighted by Gasteiger charge is -2.16. The van der Waals surface area contributed by atoms with Crippen molar-refractivity contribution in [1.29, 1.82) is 0 Å². The van der Waals surface area contributed by atoms with Crippen molar-refractivity contribution >= 4 is 32.5 Å². The maximum atomic E-state index is 14.7. The molecule has 5 heterocycles. The molecule has 1 fully saturated rings. The predicted octanol–water partition coefficient (Wildman–Crippen LogP) is 3.91. The molecule has 0 saturated carbocycles. The van der Waals surface area contributed by atoms with Gasteiger partial charge in [-0.1, -0.05) is 6.07 Å². The number of carbonyl (C=O) groups is 1. The van der Waals surface area contributed by atoms with Crippen LogP contribution < -0.4 is 10.2 Å². The quantitative estimate of drug-likeness (QED) is 0.376. The first-order chi connectivity index (χ1) is 19.7. The second kappa shape index (κ2) is 10.7. The molecule has 2 aliphatic rings. The molecule has 41 heavy (non-hydrogen) atoms. The van der Waals surface area contributed by atoms with Crippen molar-refractivity contribution < 1.29 is 31.1 Å². The Morgan fingerprint density at radius 2 is 1.93 bits per heavy atom. The number of aromatic nitrogens is 3. The summed E-state index contributed by atoms with van der Waals surface area (Å²) in [5.74, 6) is -1.05. The van der Waals surface area contributed by atoms with Gasteiger partial charge in [0.05, 0.1) is 53.8 Å². The summed E-state index contributed by atoms with van der Waals surface area (Å²) in [4.78, 5) is 27.8. The molecule has 212 valence electrons. The summed E-state index contributed by atoms with van der Waals surface area (Å²) in [6.45, 7) is -0.299. The number of nitrogens with zero attached hydrogens (tertiary/aromatic N) is 4. The molecule has 0 spiro atoms. The largest absolute Gasteiger partial charge is 0.372 e. The Balaban J connectivity index is 1.21. The number of rotatable bonds is 5. The van der Waals surface area contributed by atoms with E-state index in [-0.39, 0.29) is 17.7 Å². The molecule has 1 amide bonds. The van der Waals surface area contributed by atoms with E-state index in [1.807, 2.05) is 35.2 Å². The molecule has 3 aromatic heterocycles. The van der Waals surface area contributed by atoms with Crippen LogP contribution >= 0.6 is 0 Å². The Hall–Kier alpha value is -4.10. The lowest BCUT2D eigenvalue weighted by molar-refractivity contribution is 0.0938. The molecule has 1 saturated heterocycles. The first kappa shape index (κ1) is 27.1. The Morgan fingerprint density at radius 3 is 2.73 bits per heavy atom. The number of pyridine rings is 3. The van der Waals surface area contributed by atoms with Crippen LogP contribution in [0.3, 0.4) is 0 Å². The van der Waals surface area contributed by atoms with Crippen LogP contribution in [0.1, 0.15) is 28.0 Å². The van der Waals surface area contributed by atoms with Crippen molar-refractivity contribution in [3.05, 3.63) is 77.4 Å². The number of halogens is 3. The number of amides is 1. The van der Waals surface area contributed by atoms with Gasteiger partial charge in [-0.25, -0.2) is 31.6 Å². The van der Waals surface area contributed by atoms with Crippen molar-refractivity contribution in [2.45, 2.75) is 36.1 Å². The van der Waals surface area contributed by atoms with Crippen molar-refractivity contribution in [2.24, 2.45) is 0 Å². The minimum absolute atomic E-state index is 0.0614. The van der Waals surface area contributed by atoms with Gasteiger partial charge in [-0.3, -0.25) is 9.78 Å². The summed E-state index contributed by atoms with van der Waals surface area (Å²) >= 11 is 0. The van der Waals surface area contributed by atoms with Gasteiger partial charge in [0.15, 0.2) is 0 Å². The molecule has 1 N–H and O–H groups in total. The summed E-state index contributed by atoms with van der Waals surface area (Å²) in [7, 11) is -4.52. The molecule has 2 aliphatic heterocycles. The Labute approximate surface area is 233 Å². The van der Waals surface area contributed by atoms with E-state index in [0.29, 0.717) is 47.9 Å². The number of fused-ring (bicyclic) bond motifs is 2. The average Bonchev–Trinajstić information content (AvgIpc) is 3.37. The molecular weight excluding hydrogens is 559 g/mol. The highest BCUT2D eigenvalue weighted by Crippen LogP contribution is 2.30. The number of anilines is 1. The van der Waals surface area contributed by atoms with Crippen LogP contribution in [0.4, 0.5) is 19.0 Å². The van der Waals surface area contributed by atoms with Crippen LogP contribution in [0.2, 0.25) is 0 Å². The van der Waals surface area contributed by atoms with E-state index >= 15 is 0 Å². The Morgan fingerprint density at radius 1 is 1.10 bits per heavy atom. The van der Waals surface area contributed by atoms with E-state index in [9.17, 15) is 26.4 Å². The Bertz CT molecular complexity index is 1770. The first-order valence-corrected chi connectivity index (χ1v) is 14.4. The van der Waals surface area contributed by atoms with Crippen LogP contribution in [-0.4, -0.2) is 60.6 Å². The number of alkyl halides is 2. The fraction of sp³-hybridized carbons (Fsp3) is 0.286. The SMILES string of the molecule is O=C(NCc1cc2nc(-c3cccc(N4CC[C@@H](F)C4)n3)ccc2cn1)c1cc(F)c2c(c1)S(=O)(=O)[C@@H](F)COC2. The van der Waals surface area contributed by atoms with Crippen LogP contribution in [-0.2, 0) is 27.7 Å². The maximum absolute atomic E-state index is 14.7. The van der Waals surface area contributed by atoms with Crippen LogP contribution in [0.25, 0.3) is 22.3 Å². The first-order valence-electron chi connectivity index (χ1n) is 12.9. The van der Waals surface area contributed by atoms with E-state index in [4.69, 9.17) is 9.72 Å². The van der Waals surface area contributed by atoms with Crippen LogP contribution in [0.5, 0.6) is 0 Å². The third-order valence-corrected chi connectivity index (χ3v) is 8.85. The summed E-state index contributed by atoms with van der Waals surface area (Å²) in [5, 5.41) is 3.34. The van der Waals surface area contributed by atoms with E-state index in [0.717, 1.165) is 17.5 Å². The number of hydrogen-bond acceptors (Lipinski definition) is 8. The van der Waals surface area contributed by atoms with Gasteiger partial charge in [0.2, 0.25) is 15.3 Å². The lowest BCUT2D eigenvalue weighted by Crippen LogP contribution is -2.25. The molecule has 13 heteroatoms. The summed E-state index contributed by atoms with van der Waals surface area (Å²) in [6.07, 6.45) is 1.20. The topological polar surface area (TPSA) is 114 Å². The van der Waals surface area contributed by atoms with Gasteiger partial charge in [-0.15, -0.1) is 0 Å². The standard InChI is InChI=1S/C28H24F3N5O4S/c29-18-6-7-36(13-18)27-3-1-2-22(35-27)23-5-4-16-11-32-19(10-24(16)34-23)12-33-28(37)17-8-21(30)20-14-40-15-26(31)41(38,39)25(20)9-17/h1-5,8-11,18,26H,6-7,12-15H2,(H,33,37)/t18-,26-/m1/s1. The van der Waals surface area contributed by atoms with Gasteiger partial charge in [0.1, 0.15) is 17.8 Å². The summed E-state index contributed by atoms with van der Waals surface area (Å²) < 4.78 is 72.4. The normalized spacial score (nSPS) is 20.0. The third kappa shape index (κ3) is 5.34. The second-order valence-corrected chi connectivity index (χ2v) is 11.9. The number of carbonyl (C=O) groups excluding carboxylic acids is 1. The smallest absolute Gasteiger partial charge is 0.251 e. The van der Waals surface area contributed by atoms with Gasteiger partial charge < -0.3 is 15.0 Å². The zero-order valence-electron chi connectivity index (χ0n) is 21.6. The van der Waals surface area contributed by atoms with Gasteiger partial charge in [0, 0.05) is 29.3 Å². The minimum atomic E-state index is -4.52. The van der Waals surface area contributed by atoms with Crippen molar-refractivity contribution in [1.82, 2.24) is 20.3 Å². The zero-order chi connectivity index (χ0) is 28.7. The molecule has 4 aromatic rings. The molecule has 2 atom stereocenters. The molecule has 6 rings (SSSR count). The second-order valence-electron chi connectivity index (χ2n) is 9.87. The van der Waals surface area contributed by atoms with E-state index in [1.54, 1.807) is 12.3 Å². The fourth-order valence-corrected chi connectivity index (χ4v) is 6.20. The summed E-state index contributed by atoms with van der Waals surface area (Å²) in [5.41, 5.74) is -0.678. The highest BCUT2D eigenvalue weighted by Gasteiger charge is 2.35. The molecule has 0 aliphatic carbocycles. The number of nitrogens with one attached hydrogen (secondary N) is 1. The predicted molar refractivity (Wildman–Crippen MR) is 144 cm³/mol. The number of ether oxygens (including phenoxy) is 1. The lowest BCUT2D eigenvalue weighted by atomic mass is 10.1. The van der Waals surface area contributed by atoms with Crippen LogP contribution in [0, 0.1) is 5.82 Å². The molecular formula is C28H24F3N5O4S. The van der Waals surface area contributed by atoms with Crippen molar-refractivity contribution in [2.75, 3.05) is 24.6 Å². The van der Waals surface area contributed by atoms with Crippen LogP contribution in [0.15, 0.2) is 59.6 Å². The molecule has 9 nitrogen and oxygen atoms in total. The molecule has 0 bridgehead atoms. The molecule has 1 aromatic carbocycles. The van der Waals surface area contributed by atoms with Gasteiger partial charge in [0.25, 0.3) is 5.91 Å². The fourth-order valence-electron chi connectivity index (χ4n) is 4.86. The van der Waals surface area contributed by atoms with E-state index in [2.05, 4.69) is 15.3 Å². The van der Waals surface area contributed by atoms with E-state index in [1.165, 1.54) is 0 Å². The van der Waals surface area contributed by atoms with Crippen molar-refractivity contribution in [3.63, 3.8) is 0 Å². The van der Waals surface area contributed by atoms with Crippen molar-refractivity contribution in [3.8, 4) is 11.4 Å². The average molecular weight is 584 g/mol. The number of sulfone groups is 1. The molecule has 0 unspecified atom stereocenters. The Kier molecular flexibility index (Phi) is 7.08. The van der Waals surface area contributed by atoms with Gasteiger partial charge in [-0.2, -0.15) is 0 Å².